The minimum absolute atomic E-state index is 0.698. The van der Waals surface area contributed by atoms with Crippen molar-refractivity contribution in [2.24, 2.45) is 0 Å². The van der Waals surface area contributed by atoms with E-state index in [9.17, 15) is 0 Å². The summed E-state index contributed by atoms with van der Waals surface area (Å²) in [4.78, 5) is 30.4. The Kier molecular flexibility index (Phi) is 16.9. The number of furan rings is 2. The van der Waals surface area contributed by atoms with Crippen LogP contribution in [0.5, 0.6) is 0 Å². The number of nitrogens with zero attached hydrogens (tertiary/aromatic N) is 9. The molecule has 18 aromatic carbocycles. The molecule has 588 valence electrons. The van der Waals surface area contributed by atoms with Crippen LogP contribution in [0.3, 0.4) is 0 Å². The van der Waals surface area contributed by atoms with Gasteiger partial charge in [-0.05, 0) is 115 Å². The van der Waals surface area contributed by atoms with Gasteiger partial charge in [0.25, 0.3) is 0 Å². The van der Waals surface area contributed by atoms with E-state index in [0.29, 0.717) is 11.6 Å². The third kappa shape index (κ3) is 11.9. The fraction of sp³-hybridized carbons (Fsp3) is 0. The molecule has 0 fully saturated rings. The highest BCUT2D eigenvalue weighted by molar-refractivity contribution is 7.26. The monoisotopic (exact) mass is 1630 g/mol. The fourth-order valence-corrected chi connectivity index (χ4v) is 20.1. The second-order valence-corrected chi connectivity index (χ2v) is 32.9. The van der Waals surface area contributed by atoms with E-state index < -0.39 is 0 Å². The average molecular weight is 1630 g/mol. The Labute approximate surface area is 724 Å². The van der Waals surface area contributed by atoms with Gasteiger partial charge in [0.05, 0.1) is 71.4 Å². The van der Waals surface area contributed by atoms with E-state index in [0.717, 1.165) is 177 Å². The van der Waals surface area contributed by atoms with Crippen molar-refractivity contribution in [3.63, 3.8) is 0 Å². The quantitative estimate of drug-likeness (QED) is 0.140. The highest BCUT2D eigenvalue weighted by Gasteiger charge is 2.25. The van der Waals surface area contributed by atoms with Crippen LogP contribution in [-0.4, -0.2) is 43.6 Å². The van der Waals surface area contributed by atoms with Gasteiger partial charge >= 0.3 is 0 Å². The molecule has 0 atom stereocenters. The molecule has 11 nitrogen and oxygen atoms in total. The number of benzene rings is 18. The molecule has 9 aromatic heterocycles. The highest BCUT2D eigenvalue weighted by atomic mass is 32.1. The first-order chi connectivity index (χ1) is 62.5. The molecule has 0 aliphatic carbocycles. The Morgan fingerprint density at radius 1 is 0.198 bits per heavy atom. The lowest BCUT2D eigenvalue weighted by molar-refractivity contribution is 0.670. The second kappa shape index (κ2) is 29.5. The standard InChI is InChI=1S/2C38H23N3O.C38H23N3S/c1-2-11-24(12-3-1)35-31-17-4-7-18-32(31)39-38(40-35)25-13-10-14-26(23-25)41-33-19-8-5-15-27(33)29-21-22-30-28-16-6-9-20-34(28)42-37(30)36(29)41;1-2-10-24(11-3-1)35-31-14-4-7-15-32(31)39-38(40-35)25-18-20-26(21-19-25)41-33-16-8-5-12-27(33)29-22-23-30-28-13-6-9-17-34(28)42-37(30)36(29)41;1-2-11-24(12-3-1)35-31-17-4-7-18-32(31)39-38(40-35)25-13-10-14-26(23-25)41-33-19-8-5-15-27(33)29-21-22-30-28-16-6-9-20-34(28)42-37(30)36(29)41/h3*1-23H. The van der Waals surface area contributed by atoms with E-state index in [4.69, 9.17) is 38.7 Å². The summed E-state index contributed by atoms with van der Waals surface area (Å²) in [6.45, 7) is 0. The third-order valence-corrected chi connectivity index (χ3v) is 25.8. The Morgan fingerprint density at radius 2 is 0.524 bits per heavy atom. The first-order valence-corrected chi connectivity index (χ1v) is 43.1. The van der Waals surface area contributed by atoms with Crippen molar-refractivity contribution in [3.8, 4) is 85.0 Å². The maximum atomic E-state index is 6.54. The van der Waals surface area contributed by atoms with Crippen LogP contribution in [0.4, 0.5) is 0 Å². The van der Waals surface area contributed by atoms with E-state index in [1.807, 2.05) is 108 Å². The molecule has 0 radical (unpaired) electrons. The lowest BCUT2D eigenvalue weighted by Crippen LogP contribution is -1.98. The smallest absolute Gasteiger partial charge is 0.160 e. The van der Waals surface area contributed by atoms with E-state index >= 15 is 0 Å². The maximum Gasteiger partial charge on any atom is 0.160 e. The molecule has 9 heterocycles. The van der Waals surface area contributed by atoms with Crippen molar-refractivity contribution in [1.82, 2.24) is 43.6 Å². The van der Waals surface area contributed by atoms with Gasteiger partial charge in [0.2, 0.25) is 0 Å². The molecule has 0 unspecified atom stereocenters. The van der Waals surface area contributed by atoms with Crippen molar-refractivity contribution in [2.45, 2.75) is 0 Å². The molecule has 0 N–H and O–H groups in total. The lowest BCUT2D eigenvalue weighted by atomic mass is 10.1. The van der Waals surface area contributed by atoms with Gasteiger partial charge in [-0.1, -0.05) is 303 Å². The van der Waals surface area contributed by atoms with Crippen LogP contribution in [0.2, 0.25) is 0 Å². The normalized spacial score (nSPS) is 11.8. The Bertz CT molecular complexity index is 8710. The summed E-state index contributed by atoms with van der Waals surface area (Å²) in [5, 5.41) is 17.5. The van der Waals surface area contributed by atoms with Gasteiger partial charge in [-0.3, -0.25) is 0 Å². The lowest BCUT2D eigenvalue weighted by Gasteiger charge is -2.12. The minimum atomic E-state index is 0.698. The van der Waals surface area contributed by atoms with E-state index in [-0.39, 0.29) is 0 Å². The van der Waals surface area contributed by atoms with Gasteiger partial charge in [0.1, 0.15) is 11.2 Å². The molecular formula is C114H69N9O2S. The second-order valence-electron chi connectivity index (χ2n) is 31.9. The molecule has 27 rings (SSSR count). The SMILES string of the molecule is c1ccc(-c2nc(-c3ccc(-n4c5ccccc5c5ccc6c7ccccc7oc6c54)cc3)nc3ccccc23)cc1.c1ccc(-c2nc(-c3cccc(-n4c5ccccc5c5ccc6c7ccccc7oc6c54)c3)nc3ccccc23)cc1.c1ccc(-c2nc(-c3cccc(-n4c5ccccc5c5ccc6c7ccccc7sc6c54)c3)nc3ccccc23)cc1. The van der Waals surface area contributed by atoms with Gasteiger partial charge in [0, 0.05) is 136 Å². The predicted molar refractivity (Wildman–Crippen MR) is 522 cm³/mol. The van der Waals surface area contributed by atoms with Crippen molar-refractivity contribution in [3.05, 3.63) is 419 Å². The first kappa shape index (κ1) is 72.1. The molecule has 0 spiro atoms. The number of aromatic nitrogens is 9. The topological polar surface area (TPSA) is 118 Å². The molecule has 0 aliphatic heterocycles. The van der Waals surface area contributed by atoms with E-state index in [1.54, 1.807) is 0 Å². The van der Waals surface area contributed by atoms with E-state index in [1.165, 1.54) is 58.1 Å². The summed E-state index contributed by atoms with van der Waals surface area (Å²) >= 11 is 1.87. The number of thiophene rings is 1. The Morgan fingerprint density at radius 3 is 0.968 bits per heavy atom. The van der Waals surface area contributed by atoms with Crippen LogP contribution in [0.15, 0.2) is 427 Å². The fourth-order valence-electron chi connectivity index (χ4n) is 18.9. The summed E-state index contributed by atoms with van der Waals surface area (Å²) in [6.07, 6.45) is 0. The number of para-hydroxylation sites is 8. The van der Waals surface area contributed by atoms with Gasteiger partial charge in [-0.2, -0.15) is 0 Å². The molecule has 0 amide bonds. The van der Waals surface area contributed by atoms with Crippen LogP contribution < -0.4 is 0 Å². The summed E-state index contributed by atoms with van der Waals surface area (Å²) in [5.74, 6) is 2.13. The predicted octanol–water partition coefficient (Wildman–Crippen LogP) is 30.3. The molecule has 0 aliphatic rings. The zero-order valence-electron chi connectivity index (χ0n) is 67.6. The average Bonchev–Trinajstić information content (AvgIpc) is 1.57. The third-order valence-electron chi connectivity index (χ3n) is 24.6. The van der Waals surface area contributed by atoms with Crippen LogP contribution in [0.25, 0.3) is 247 Å². The van der Waals surface area contributed by atoms with Crippen molar-refractivity contribution < 1.29 is 8.83 Å². The summed E-state index contributed by atoms with van der Waals surface area (Å²) in [7, 11) is 0. The van der Waals surface area contributed by atoms with Gasteiger partial charge in [-0.25, -0.2) is 29.9 Å². The van der Waals surface area contributed by atoms with Crippen LogP contribution in [0.1, 0.15) is 0 Å². The zero-order valence-corrected chi connectivity index (χ0v) is 68.4. The van der Waals surface area contributed by atoms with Gasteiger partial charge < -0.3 is 22.5 Å². The summed E-state index contributed by atoms with van der Waals surface area (Å²) < 4.78 is 22.7. The van der Waals surface area contributed by atoms with E-state index in [2.05, 4.69) is 335 Å². The van der Waals surface area contributed by atoms with Gasteiger partial charge in [0.15, 0.2) is 28.6 Å². The molecule has 12 heteroatoms. The summed E-state index contributed by atoms with van der Waals surface area (Å²) in [6, 6.07) is 146. The summed E-state index contributed by atoms with van der Waals surface area (Å²) in [5.41, 5.74) is 25.4. The molecule has 0 saturated carbocycles. The van der Waals surface area contributed by atoms with Crippen LogP contribution in [0, 0.1) is 0 Å². The number of fused-ring (bicyclic) bond motifs is 24. The van der Waals surface area contributed by atoms with Crippen molar-refractivity contribution >= 4 is 174 Å². The molecule has 0 bridgehead atoms. The molecular weight excluding hydrogens is 1560 g/mol. The maximum absolute atomic E-state index is 6.54. The Balaban J connectivity index is 0.000000103. The van der Waals surface area contributed by atoms with Gasteiger partial charge in [-0.15, -0.1) is 11.3 Å². The molecule has 27 aromatic rings. The minimum Gasteiger partial charge on any atom is -0.454 e. The Hall–Kier alpha value is -16.8. The molecule has 126 heavy (non-hydrogen) atoms. The van der Waals surface area contributed by atoms with Crippen LogP contribution >= 0.6 is 11.3 Å². The largest absolute Gasteiger partial charge is 0.454 e. The number of hydrogen-bond acceptors (Lipinski definition) is 9. The molecule has 0 saturated heterocycles. The first-order valence-electron chi connectivity index (χ1n) is 42.3. The highest BCUT2D eigenvalue weighted by Crippen LogP contribution is 2.47. The van der Waals surface area contributed by atoms with Crippen molar-refractivity contribution in [2.75, 3.05) is 0 Å². The van der Waals surface area contributed by atoms with Crippen molar-refractivity contribution in [1.29, 1.82) is 0 Å². The number of hydrogen-bond donors (Lipinski definition) is 0. The zero-order chi connectivity index (χ0) is 82.9. The number of rotatable bonds is 9. The van der Waals surface area contributed by atoms with Crippen LogP contribution in [-0.2, 0) is 0 Å².